The van der Waals surface area contributed by atoms with Crippen molar-refractivity contribution < 1.29 is 9.53 Å². The molecular formula is C14H20ClNO2. The summed E-state index contributed by atoms with van der Waals surface area (Å²) >= 11 is 5.92. The average Bonchev–Trinajstić information content (AvgIpc) is 2.26. The molecule has 100 valence electrons. The molecule has 0 saturated heterocycles. The SMILES string of the molecule is COc1ccc(Cl)cc1CC(=O)CNC(C)(C)C. The Morgan fingerprint density at radius 2 is 2.06 bits per heavy atom. The molecule has 0 atom stereocenters. The maximum Gasteiger partial charge on any atom is 0.151 e. The minimum Gasteiger partial charge on any atom is -0.496 e. The van der Waals surface area contributed by atoms with Crippen LogP contribution in [-0.4, -0.2) is 25.0 Å². The summed E-state index contributed by atoms with van der Waals surface area (Å²) in [4.78, 5) is 11.9. The molecule has 0 spiro atoms. The summed E-state index contributed by atoms with van der Waals surface area (Å²) in [5.41, 5.74) is 0.763. The van der Waals surface area contributed by atoms with Gasteiger partial charge in [0.2, 0.25) is 0 Å². The monoisotopic (exact) mass is 269 g/mol. The van der Waals surface area contributed by atoms with Gasteiger partial charge in [0, 0.05) is 22.5 Å². The van der Waals surface area contributed by atoms with E-state index in [-0.39, 0.29) is 11.3 Å². The minimum absolute atomic E-state index is 0.0614. The zero-order valence-corrected chi connectivity index (χ0v) is 12.1. The number of halogens is 1. The number of ether oxygens (including phenoxy) is 1. The van der Waals surface area contributed by atoms with Gasteiger partial charge in [-0.1, -0.05) is 11.6 Å². The van der Waals surface area contributed by atoms with Gasteiger partial charge < -0.3 is 10.1 Å². The number of benzene rings is 1. The molecule has 1 aromatic carbocycles. The molecule has 0 radical (unpaired) electrons. The third kappa shape index (κ3) is 5.07. The van der Waals surface area contributed by atoms with Crippen LogP contribution in [0.15, 0.2) is 18.2 Å². The summed E-state index contributed by atoms with van der Waals surface area (Å²) in [6.07, 6.45) is 0.326. The van der Waals surface area contributed by atoms with Gasteiger partial charge >= 0.3 is 0 Å². The molecule has 0 aliphatic heterocycles. The van der Waals surface area contributed by atoms with E-state index in [1.807, 2.05) is 20.8 Å². The van der Waals surface area contributed by atoms with Crippen LogP contribution in [-0.2, 0) is 11.2 Å². The Balaban J connectivity index is 2.66. The van der Waals surface area contributed by atoms with E-state index in [9.17, 15) is 4.79 Å². The maximum absolute atomic E-state index is 11.9. The largest absolute Gasteiger partial charge is 0.496 e. The molecule has 0 aromatic heterocycles. The molecule has 4 heteroatoms. The second kappa shape index (κ2) is 6.21. The van der Waals surface area contributed by atoms with E-state index in [1.54, 1.807) is 25.3 Å². The first-order valence-corrected chi connectivity index (χ1v) is 6.29. The lowest BCUT2D eigenvalue weighted by molar-refractivity contribution is -0.117. The number of rotatable bonds is 5. The van der Waals surface area contributed by atoms with Crippen molar-refractivity contribution in [2.75, 3.05) is 13.7 Å². The number of hydrogen-bond donors (Lipinski definition) is 1. The van der Waals surface area contributed by atoms with Crippen molar-refractivity contribution in [3.05, 3.63) is 28.8 Å². The molecule has 0 bridgehead atoms. The Morgan fingerprint density at radius 3 is 2.61 bits per heavy atom. The summed E-state index contributed by atoms with van der Waals surface area (Å²) < 4.78 is 5.22. The number of carbonyl (C=O) groups excluding carboxylic acids is 1. The van der Waals surface area contributed by atoms with Crippen LogP contribution in [0.25, 0.3) is 0 Å². The highest BCUT2D eigenvalue weighted by Crippen LogP contribution is 2.23. The van der Waals surface area contributed by atoms with Crippen molar-refractivity contribution >= 4 is 17.4 Å². The minimum atomic E-state index is -0.0614. The smallest absolute Gasteiger partial charge is 0.151 e. The standard InChI is InChI=1S/C14H20ClNO2/c1-14(2,3)16-9-12(17)8-10-7-11(15)5-6-13(10)18-4/h5-7,16H,8-9H2,1-4H3. The molecule has 3 nitrogen and oxygen atoms in total. The Labute approximate surface area is 113 Å². The van der Waals surface area contributed by atoms with Crippen LogP contribution in [0.5, 0.6) is 5.75 Å². The topological polar surface area (TPSA) is 38.3 Å². The van der Waals surface area contributed by atoms with Gasteiger partial charge in [0.15, 0.2) is 5.78 Å². The summed E-state index contributed by atoms with van der Waals surface area (Å²) in [5, 5.41) is 3.78. The van der Waals surface area contributed by atoms with Crippen LogP contribution < -0.4 is 10.1 Å². The van der Waals surface area contributed by atoms with Crippen molar-refractivity contribution in [3.63, 3.8) is 0 Å². The second-order valence-corrected chi connectivity index (χ2v) is 5.71. The normalized spacial score (nSPS) is 11.4. The van der Waals surface area contributed by atoms with Gasteiger partial charge in [-0.05, 0) is 39.0 Å². The van der Waals surface area contributed by atoms with Gasteiger partial charge in [-0.3, -0.25) is 4.79 Å². The predicted octanol–water partition coefficient (Wildman–Crippen LogP) is 2.85. The summed E-state index contributed by atoms with van der Waals surface area (Å²) in [7, 11) is 1.59. The van der Waals surface area contributed by atoms with Gasteiger partial charge in [0.1, 0.15) is 5.75 Å². The maximum atomic E-state index is 11.9. The molecule has 1 rings (SSSR count). The van der Waals surface area contributed by atoms with Crippen LogP contribution in [0.4, 0.5) is 0 Å². The summed E-state index contributed by atoms with van der Waals surface area (Å²) in [6.45, 7) is 6.43. The van der Waals surface area contributed by atoms with E-state index < -0.39 is 0 Å². The molecule has 0 saturated carbocycles. The quantitative estimate of drug-likeness (QED) is 0.893. The average molecular weight is 270 g/mol. The van der Waals surface area contributed by atoms with Gasteiger partial charge in [0.25, 0.3) is 0 Å². The van der Waals surface area contributed by atoms with E-state index in [0.29, 0.717) is 23.7 Å². The fourth-order valence-corrected chi connectivity index (χ4v) is 1.72. The number of nitrogens with one attached hydrogen (secondary N) is 1. The number of methoxy groups -OCH3 is 1. The van der Waals surface area contributed by atoms with Crippen LogP contribution in [0, 0.1) is 0 Å². The zero-order chi connectivity index (χ0) is 13.8. The van der Waals surface area contributed by atoms with E-state index in [1.165, 1.54) is 0 Å². The van der Waals surface area contributed by atoms with Gasteiger partial charge in [0.05, 0.1) is 13.7 Å². The molecule has 1 N–H and O–H groups in total. The molecule has 1 aromatic rings. The first kappa shape index (κ1) is 15.0. The molecule has 0 heterocycles. The zero-order valence-electron chi connectivity index (χ0n) is 11.3. The van der Waals surface area contributed by atoms with E-state index >= 15 is 0 Å². The van der Waals surface area contributed by atoms with Crippen LogP contribution in [0.1, 0.15) is 26.3 Å². The lowest BCUT2D eigenvalue weighted by Crippen LogP contribution is -2.39. The highest BCUT2D eigenvalue weighted by molar-refractivity contribution is 6.30. The molecular weight excluding hydrogens is 250 g/mol. The Bertz CT molecular complexity index is 424. The fraction of sp³-hybridized carbons (Fsp3) is 0.500. The van der Waals surface area contributed by atoms with Crippen molar-refractivity contribution in [2.24, 2.45) is 0 Å². The number of Topliss-reactive ketones (excluding diaryl/α,β-unsaturated/α-hetero) is 1. The lowest BCUT2D eigenvalue weighted by atomic mass is 10.1. The summed E-state index contributed by atoms with van der Waals surface area (Å²) in [6, 6.07) is 5.30. The molecule has 0 unspecified atom stereocenters. The fourth-order valence-electron chi connectivity index (χ4n) is 1.52. The van der Waals surface area contributed by atoms with E-state index in [4.69, 9.17) is 16.3 Å². The predicted molar refractivity (Wildman–Crippen MR) is 74.5 cm³/mol. The number of ketones is 1. The Hall–Kier alpha value is -1.06. The number of hydrogen-bond acceptors (Lipinski definition) is 3. The van der Waals surface area contributed by atoms with Gasteiger partial charge in [-0.15, -0.1) is 0 Å². The first-order chi connectivity index (χ1) is 8.31. The Kier molecular flexibility index (Phi) is 5.17. The molecule has 18 heavy (non-hydrogen) atoms. The highest BCUT2D eigenvalue weighted by Gasteiger charge is 2.13. The highest BCUT2D eigenvalue weighted by atomic mass is 35.5. The van der Waals surface area contributed by atoms with Crippen LogP contribution in [0.2, 0.25) is 5.02 Å². The first-order valence-electron chi connectivity index (χ1n) is 5.91. The van der Waals surface area contributed by atoms with Gasteiger partial charge in [-0.25, -0.2) is 0 Å². The molecule has 0 aliphatic carbocycles. The molecule has 0 aliphatic rings. The number of carbonyl (C=O) groups is 1. The van der Waals surface area contributed by atoms with E-state index in [2.05, 4.69) is 5.32 Å². The van der Waals surface area contributed by atoms with Gasteiger partial charge in [-0.2, -0.15) is 0 Å². The molecule has 0 fully saturated rings. The van der Waals surface area contributed by atoms with Crippen molar-refractivity contribution in [2.45, 2.75) is 32.7 Å². The summed E-state index contributed by atoms with van der Waals surface area (Å²) in [5.74, 6) is 0.814. The molecule has 0 amide bonds. The third-order valence-corrected chi connectivity index (χ3v) is 2.68. The third-order valence-electron chi connectivity index (χ3n) is 2.45. The second-order valence-electron chi connectivity index (χ2n) is 5.28. The lowest BCUT2D eigenvalue weighted by Gasteiger charge is -2.20. The van der Waals surface area contributed by atoms with Crippen molar-refractivity contribution in [1.29, 1.82) is 0 Å². The van der Waals surface area contributed by atoms with Crippen LogP contribution >= 0.6 is 11.6 Å². The van der Waals surface area contributed by atoms with E-state index in [0.717, 1.165) is 5.56 Å². The van der Waals surface area contributed by atoms with Crippen LogP contribution in [0.3, 0.4) is 0 Å². The van der Waals surface area contributed by atoms with Crippen molar-refractivity contribution in [3.8, 4) is 5.75 Å². The Morgan fingerprint density at radius 1 is 1.39 bits per heavy atom. The van der Waals surface area contributed by atoms with Crippen molar-refractivity contribution in [1.82, 2.24) is 5.32 Å².